The van der Waals surface area contributed by atoms with E-state index in [0.717, 1.165) is 11.3 Å². The molecule has 1 aromatic rings. The zero-order chi connectivity index (χ0) is 15.0. The van der Waals surface area contributed by atoms with Gasteiger partial charge in [0.2, 0.25) is 0 Å². The lowest BCUT2D eigenvalue weighted by atomic mass is 10.3. The standard InChI is InChI=1S/C11H20N4O4S/c1-18-4-3-13-11-15-9(12)8(20-11)10(17)14-7(5-16)6-19-2/h7,16H,3-6,12H2,1-2H3,(H,13,15)(H,14,17). The number of anilines is 2. The maximum Gasteiger partial charge on any atom is 0.265 e. The van der Waals surface area contributed by atoms with E-state index in [4.69, 9.17) is 20.3 Å². The number of methoxy groups -OCH3 is 2. The van der Waals surface area contributed by atoms with Crippen LogP contribution in [-0.2, 0) is 9.47 Å². The number of carbonyl (C=O) groups excluding carboxylic acids is 1. The molecule has 9 heteroatoms. The highest BCUT2D eigenvalue weighted by Gasteiger charge is 2.19. The van der Waals surface area contributed by atoms with Gasteiger partial charge in [-0.05, 0) is 0 Å². The predicted molar refractivity (Wildman–Crippen MR) is 77.1 cm³/mol. The third-order valence-corrected chi connectivity index (χ3v) is 3.39. The molecular weight excluding hydrogens is 284 g/mol. The Balaban J connectivity index is 2.63. The molecule has 0 aliphatic rings. The molecule has 0 spiro atoms. The van der Waals surface area contributed by atoms with Crippen LogP contribution in [0.3, 0.4) is 0 Å². The third kappa shape index (κ3) is 4.93. The van der Waals surface area contributed by atoms with Gasteiger partial charge in [0.15, 0.2) is 5.13 Å². The van der Waals surface area contributed by atoms with Gasteiger partial charge in [-0.3, -0.25) is 4.79 Å². The second-order valence-electron chi connectivity index (χ2n) is 3.96. The first-order chi connectivity index (χ1) is 9.62. The largest absolute Gasteiger partial charge is 0.394 e. The molecule has 1 heterocycles. The molecular formula is C11H20N4O4S. The van der Waals surface area contributed by atoms with Gasteiger partial charge in [-0.25, -0.2) is 4.98 Å². The molecule has 0 saturated heterocycles. The number of nitrogen functional groups attached to an aromatic ring is 1. The van der Waals surface area contributed by atoms with Gasteiger partial charge in [0.25, 0.3) is 5.91 Å². The summed E-state index contributed by atoms with van der Waals surface area (Å²) < 4.78 is 9.79. The first-order valence-corrected chi connectivity index (χ1v) is 6.83. The van der Waals surface area contributed by atoms with Crippen molar-refractivity contribution in [3.05, 3.63) is 4.88 Å². The van der Waals surface area contributed by atoms with Crippen molar-refractivity contribution >= 4 is 28.2 Å². The lowest BCUT2D eigenvalue weighted by molar-refractivity contribution is 0.0844. The molecule has 8 nitrogen and oxygen atoms in total. The van der Waals surface area contributed by atoms with Crippen molar-refractivity contribution in [1.82, 2.24) is 10.3 Å². The van der Waals surface area contributed by atoms with E-state index in [9.17, 15) is 4.79 Å². The SMILES string of the molecule is COCCNc1nc(N)c(C(=O)NC(CO)COC)s1. The first-order valence-electron chi connectivity index (χ1n) is 6.02. The maximum atomic E-state index is 12.0. The van der Waals surface area contributed by atoms with Crippen molar-refractivity contribution in [2.45, 2.75) is 6.04 Å². The number of rotatable bonds is 9. The number of nitrogens with two attached hydrogens (primary N) is 1. The Bertz CT molecular complexity index is 427. The zero-order valence-electron chi connectivity index (χ0n) is 11.5. The summed E-state index contributed by atoms with van der Waals surface area (Å²) >= 11 is 1.15. The number of nitrogens with one attached hydrogen (secondary N) is 2. The number of aromatic nitrogens is 1. The summed E-state index contributed by atoms with van der Waals surface area (Å²) in [6.45, 7) is 1.12. The Morgan fingerprint density at radius 2 is 2.25 bits per heavy atom. The monoisotopic (exact) mass is 304 g/mol. The van der Waals surface area contributed by atoms with Crippen molar-refractivity contribution in [1.29, 1.82) is 0 Å². The van der Waals surface area contributed by atoms with Gasteiger partial charge < -0.3 is 30.9 Å². The summed E-state index contributed by atoms with van der Waals surface area (Å²) in [5.74, 6) is -0.225. The van der Waals surface area contributed by atoms with E-state index in [1.165, 1.54) is 7.11 Å². The van der Waals surface area contributed by atoms with E-state index in [2.05, 4.69) is 15.6 Å². The Morgan fingerprint density at radius 3 is 2.85 bits per heavy atom. The predicted octanol–water partition coefficient (Wildman–Crippen LogP) is -0.479. The number of hydrogen-bond donors (Lipinski definition) is 4. The van der Waals surface area contributed by atoms with Gasteiger partial charge >= 0.3 is 0 Å². The fourth-order valence-electron chi connectivity index (χ4n) is 1.42. The quantitative estimate of drug-likeness (QED) is 0.455. The number of amides is 1. The Morgan fingerprint density at radius 1 is 1.50 bits per heavy atom. The first kappa shape index (κ1) is 16.6. The molecule has 0 fully saturated rings. The molecule has 0 aliphatic carbocycles. The summed E-state index contributed by atoms with van der Waals surface area (Å²) in [6, 6.07) is -0.473. The molecule has 1 amide bonds. The number of ether oxygens (including phenoxy) is 2. The Labute approximate surface area is 121 Å². The van der Waals surface area contributed by atoms with E-state index >= 15 is 0 Å². The number of thiazole rings is 1. The van der Waals surface area contributed by atoms with E-state index in [1.807, 2.05) is 0 Å². The van der Waals surface area contributed by atoms with Crippen LogP contribution in [0.15, 0.2) is 0 Å². The van der Waals surface area contributed by atoms with Gasteiger partial charge in [-0.1, -0.05) is 11.3 Å². The molecule has 114 valence electrons. The molecule has 1 aromatic heterocycles. The molecule has 0 aromatic carbocycles. The Kier molecular flexibility index (Phi) is 7.23. The van der Waals surface area contributed by atoms with Crippen LogP contribution in [0.1, 0.15) is 9.67 Å². The van der Waals surface area contributed by atoms with Crippen molar-refractivity contribution in [3.63, 3.8) is 0 Å². The van der Waals surface area contributed by atoms with E-state index in [0.29, 0.717) is 23.2 Å². The van der Waals surface area contributed by atoms with Crippen LogP contribution in [0, 0.1) is 0 Å². The van der Waals surface area contributed by atoms with Crippen LogP contribution in [0.4, 0.5) is 10.9 Å². The van der Waals surface area contributed by atoms with E-state index in [1.54, 1.807) is 7.11 Å². The van der Waals surface area contributed by atoms with Crippen LogP contribution in [0.5, 0.6) is 0 Å². The minimum Gasteiger partial charge on any atom is -0.394 e. The average molecular weight is 304 g/mol. The van der Waals surface area contributed by atoms with Gasteiger partial charge in [0, 0.05) is 20.8 Å². The van der Waals surface area contributed by atoms with Crippen molar-refractivity contribution in [2.75, 3.05) is 51.6 Å². The topological polar surface area (TPSA) is 119 Å². The number of aliphatic hydroxyl groups excluding tert-OH is 1. The second kappa shape index (κ2) is 8.69. The van der Waals surface area contributed by atoms with Crippen molar-refractivity contribution in [2.24, 2.45) is 0 Å². The summed E-state index contributed by atoms with van der Waals surface area (Å²) in [6.07, 6.45) is 0. The van der Waals surface area contributed by atoms with Gasteiger partial charge in [0.05, 0.1) is 25.9 Å². The lowest BCUT2D eigenvalue weighted by Crippen LogP contribution is -2.40. The Hall–Kier alpha value is -1.42. The summed E-state index contributed by atoms with van der Waals surface area (Å²) in [7, 11) is 3.09. The van der Waals surface area contributed by atoms with Crippen LogP contribution in [-0.4, -0.2) is 62.6 Å². The number of carbonyl (C=O) groups is 1. The fraction of sp³-hybridized carbons (Fsp3) is 0.636. The smallest absolute Gasteiger partial charge is 0.265 e. The minimum atomic E-state index is -0.473. The molecule has 5 N–H and O–H groups in total. The van der Waals surface area contributed by atoms with Crippen LogP contribution in [0.2, 0.25) is 0 Å². The van der Waals surface area contributed by atoms with Gasteiger partial charge in [0.1, 0.15) is 10.7 Å². The molecule has 1 unspecified atom stereocenters. The molecule has 1 atom stereocenters. The third-order valence-electron chi connectivity index (χ3n) is 2.37. The highest BCUT2D eigenvalue weighted by molar-refractivity contribution is 7.18. The van der Waals surface area contributed by atoms with Crippen molar-refractivity contribution in [3.8, 4) is 0 Å². The highest BCUT2D eigenvalue weighted by Crippen LogP contribution is 2.24. The molecule has 20 heavy (non-hydrogen) atoms. The van der Waals surface area contributed by atoms with E-state index < -0.39 is 6.04 Å². The number of nitrogens with zero attached hydrogens (tertiary/aromatic N) is 1. The lowest BCUT2D eigenvalue weighted by Gasteiger charge is -2.14. The van der Waals surface area contributed by atoms with Gasteiger partial charge in [-0.15, -0.1) is 0 Å². The molecule has 0 bridgehead atoms. The molecule has 0 radical (unpaired) electrons. The molecule has 0 aliphatic heterocycles. The number of aliphatic hydroxyl groups is 1. The molecule has 1 rings (SSSR count). The average Bonchev–Trinajstić information content (AvgIpc) is 2.79. The number of hydrogen-bond acceptors (Lipinski definition) is 8. The van der Waals surface area contributed by atoms with Crippen LogP contribution < -0.4 is 16.4 Å². The second-order valence-corrected chi connectivity index (χ2v) is 4.96. The maximum absolute atomic E-state index is 12.0. The zero-order valence-corrected chi connectivity index (χ0v) is 12.3. The fourth-order valence-corrected chi connectivity index (χ4v) is 2.24. The van der Waals surface area contributed by atoms with Crippen LogP contribution in [0.25, 0.3) is 0 Å². The minimum absolute atomic E-state index is 0.154. The van der Waals surface area contributed by atoms with Crippen molar-refractivity contribution < 1.29 is 19.4 Å². The highest BCUT2D eigenvalue weighted by atomic mass is 32.1. The van der Waals surface area contributed by atoms with E-state index in [-0.39, 0.29) is 24.9 Å². The van der Waals surface area contributed by atoms with Gasteiger partial charge in [-0.2, -0.15) is 0 Å². The van der Waals surface area contributed by atoms with Crippen LogP contribution >= 0.6 is 11.3 Å². The molecule has 0 saturated carbocycles. The summed E-state index contributed by atoms with van der Waals surface area (Å²) in [5, 5.41) is 15.3. The normalized spacial score (nSPS) is 12.2. The summed E-state index contributed by atoms with van der Waals surface area (Å²) in [5.41, 5.74) is 5.71. The summed E-state index contributed by atoms with van der Waals surface area (Å²) in [4.78, 5) is 16.4.